The number of carbonyl (C=O) groups is 1. The number of thioether (sulfide) groups is 1. The smallest absolute Gasteiger partial charge is 0.348 e. The van der Waals surface area contributed by atoms with E-state index in [1.165, 1.54) is 0 Å². The maximum atomic E-state index is 12.2. The van der Waals surface area contributed by atoms with Crippen LogP contribution in [0.25, 0.3) is 0 Å². The molecule has 0 fully saturated rings. The average molecular weight is 167 g/mol. The van der Waals surface area contributed by atoms with Gasteiger partial charge in [-0.2, -0.15) is 0 Å². The number of aliphatic carboxylic acids is 1. The van der Waals surface area contributed by atoms with Crippen molar-refractivity contribution >= 4 is 17.7 Å². The van der Waals surface area contributed by atoms with Gasteiger partial charge in [0, 0.05) is 11.8 Å². The fraction of sp³-hybridized carbons (Fsp3) is 0.800. The Morgan fingerprint density at radius 3 is 2.70 bits per heavy atom. The van der Waals surface area contributed by atoms with Gasteiger partial charge in [0.15, 0.2) is 0 Å². The van der Waals surface area contributed by atoms with Gasteiger partial charge in [0.25, 0.3) is 0 Å². The quantitative estimate of drug-likeness (QED) is 0.638. The van der Waals surface area contributed by atoms with Gasteiger partial charge in [-0.05, 0) is 6.92 Å². The third kappa shape index (κ3) is 4.58. The van der Waals surface area contributed by atoms with Crippen molar-refractivity contribution in [1.82, 2.24) is 0 Å². The maximum Gasteiger partial charge on any atom is 0.348 e. The molecule has 3 N–H and O–H groups in total. The van der Waals surface area contributed by atoms with Crippen molar-refractivity contribution in [2.24, 2.45) is 5.73 Å². The van der Waals surface area contributed by atoms with Gasteiger partial charge in [0.05, 0.1) is 0 Å². The van der Waals surface area contributed by atoms with E-state index in [1.807, 2.05) is 0 Å². The van der Waals surface area contributed by atoms with Crippen LogP contribution in [0.3, 0.4) is 0 Å². The van der Waals surface area contributed by atoms with Crippen molar-refractivity contribution in [3.05, 3.63) is 0 Å². The number of alkyl halides is 1. The number of carboxylic acid groups (broad SMARTS) is 1. The molecule has 0 aromatic carbocycles. The van der Waals surface area contributed by atoms with Crippen molar-refractivity contribution in [2.75, 3.05) is 5.75 Å². The molecular formula is C5H10FNO2S. The maximum absolute atomic E-state index is 12.2. The number of carboxylic acids is 1. The standard InChI is InChI=1S/C5H10FNO2S/c1-3(7)2-10-4(6)5(8)9/h3-4H,2,7H2,1H3,(H,8,9). The Morgan fingerprint density at radius 1 is 1.90 bits per heavy atom. The monoisotopic (exact) mass is 167 g/mol. The van der Waals surface area contributed by atoms with E-state index in [0.29, 0.717) is 17.5 Å². The Hall–Kier alpha value is -0.290. The van der Waals surface area contributed by atoms with Crippen LogP contribution >= 0.6 is 11.8 Å². The Balaban J connectivity index is 3.40. The van der Waals surface area contributed by atoms with E-state index in [4.69, 9.17) is 10.8 Å². The molecule has 2 atom stereocenters. The number of hydrogen-bond acceptors (Lipinski definition) is 3. The van der Waals surface area contributed by atoms with Gasteiger partial charge in [0.1, 0.15) is 0 Å². The molecule has 0 radical (unpaired) electrons. The first kappa shape index (κ1) is 9.71. The van der Waals surface area contributed by atoms with Crippen LogP contribution in [0.4, 0.5) is 4.39 Å². The molecule has 0 saturated heterocycles. The van der Waals surface area contributed by atoms with E-state index in [-0.39, 0.29) is 6.04 Å². The highest BCUT2D eigenvalue weighted by Crippen LogP contribution is 2.12. The molecule has 0 heterocycles. The SMILES string of the molecule is CC(N)CSC(F)C(=O)O. The van der Waals surface area contributed by atoms with E-state index in [1.54, 1.807) is 6.92 Å². The van der Waals surface area contributed by atoms with E-state index < -0.39 is 11.5 Å². The second-order valence-corrected chi connectivity index (χ2v) is 3.05. The lowest BCUT2D eigenvalue weighted by Crippen LogP contribution is -2.21. The summed E-state index contributed by atoms with van der Waals surface area (Å²) in [6.07, 6.45) is 0. The van der Waals surface area contributed by atoms with Crippen LogP contribution in [-0.4, -0.2) is 28.4 Å². The molecule has 0 aliphatic carbocycles. The zero-order valence-corrected chi connectivity index (χ0v) is 6.40. The molecule has 0 aliphatic heterocycles. The first-order valence-electron chi connectivity index (χ1n) is 2.78. The van der Waals surface area contributed by atoms with Crippen LogP contribution in [0, 0.1) is 0 Å². The van der Waals surface area contributed by atoms with E-state index >= 15 is 0 Å². The highest BCUT2D eigenvalue weighted by molar-refractivity contribution is 8.00. The van der Waals surface area contributed by atoms with Crippen LogP contribution in [0.15, 0.2) is 0 Å². The lowest BCUT2D eigenvalue weighted by atomic mass is 10.4. The molecule has 0 aromatic rings. The van der Waals surface area contributed by atoms with E-state index in [9.17, 15) is 9.18 Å². The summed E-state index contributed by atoms with van der Waals surface area (Å²) in [5.41, 5.74) is 3.42. The van der Waals surface area contributed by atoms with Gasteiger partial charge in [-0.3, -0.25) is 0 Å². The Labute approximate surface area is 62.8 Å². The second-order valence-electron chi connectivity index (χ2n) is 1.96. The summed E-state index contributed by atoms with van der Waals surface area (Å²) < 4.78 is 12.2. The molecule has 0 saturated carbocycles. The molecular weight excluding hydrogens is 157 g/mol. The zero-order chi connectivity index (χ0) is 8.15. The lowest BCUT2D eigenvalue weighted by Gasteiger charge is -2.04. The van der Waals surface area contributed by atoms with Gasteiger partial charge in [-0.15, -0.1) is 11.8 Å². The predicted octanol–water partition coefficient (Wildman–Crippen LogP) is 0.447. The molecule has 0 bridgehead atoms. The zero-order valence-electron chi connectivity index (χ0n) is 5.58. The molecule has 10 heavy (non-hydrogen) atoms. The minimum absolute atomic E-state index is 0.164. The van der Waals surface area contributed by atoms with Gasteiger partial charge < -0.3 is 10.8 Å². The number of rotatable bonds is 4. The van der Waals surface area contributed by atoms with Crippen LogP contribution in [-0.2, 0) is 4.79 Å². The van der Waals surface area contributed by atoms with Crippen molar-refractivity contribution in [1.29, 1.82) is 0 Å². The number of nitrogens with two attached hydrogens (primary N) is 1. The molecule has 5 heteroatoms. The van der Waals surface area contributed by atoms with Crippen molar-refractivity contribution in [2.45, 2.75) is 18.5 Å². The topological polar surface area (TPSA) is 63.3 Å². The van der Waals surface area contributed by atoms with Gasteiger partial charge in [0.2, 0.25) is 5.50 Å². The third-order valence-electron chi connectivity index (χ3n) is 0.700. The fourth-order valence-corrected chi connectivity index (χ4v) is 0.923. The minimum Gasteiger partial charge on any atom is -0.478 e. The molecule has 0 rings (SSSR count). The van der Waals surface area contributed by atoms with Crippen molar-refractivity contribution in [3.8, 4) is 0 Å². The predicted molar refractivity (Wildman–Crippen MR) is 38.6 cm³/mol. The summed E-state index contributed by atoms with van der Waals surface area (Å²) in [7, 11) is 0. The largest absolute Gasteiger partial charge is 0.478 e. The van der Waals surface area contributed by atoms with E-state index in [0.717, 1.165) is 0 Å². The first-order chi connectivity index (χ1) is 4.54. The van der Waals surface area contributed by atoms with Crippen LogP contribution in [0.1, 0.15) is 6.92 Å². The van der Waals surface area contributed by atoms with Gasteiger partial charge in [-0.1, -0.05) is 0 Å². The summed E-state index contributed by atoms with van der Waals surface area (Å²) >= 11 is 0.701. The Bertz CT molecular complexity index is 120. The van der Waals surface area contributed by atoms with Crippen LogP contribution < -0.4 is 5.73 Å². The molecule has 0 amide bonds. The van der Waals surface area contributed by atoms with E-state index in [2.05, 4.69) is 0 Å². The van der Waals surface area contributed by atoms with Crippen molar-refractivity contribution < 1.29 is 14.3 Å². The first-order valence-corrected chi connectivity index (χ1v) is 3.83. The highest BCUT2D eigenvalue weighted by atomic mass is 32.2. The second kappa shape index (κ2) is 4.51. The van der Waals surface area contributed by atoms with Crippen LogP contribution in [0.2, 0.25) is 0 Å². The third-order valence-corrected chi connectivity index (χ3v) is 1.91. The molecule has 0 aromatic heterocycles. The summed E-state index contributed by atoms with van der Waals surface area (Å²) in [5, 5.41) is 8.06. The number of halogens is 1. The molecule has 0 spiro atoms. The molecule has 3 nitrogen and oxygen atoms in total. The molecule has 0 aliphatic rings. The van der Waals surface area contributed by atoms with Gasteiger partial charge in [-0.25, -0.2) is 9.18 Å². The minimum atomic E-state index is -1.84. The molecule has 2 unspecified atom stereocenters. The highest BCUT2D eigenvalue weighted by Gasteiger charge is 2.15. The summed E-state index contributed by atoms with van der Waals surface area (Å²) in [6, 6.07) is -0.164. The summed E-state index contributed by atoms with van der Waals surface area (Å²) in [4.78, 5) is 9.88. The van der Waals surface area contributed by atoms with Crippen molar-refractivity contribution in [3.63, 3.8) is 0 Å². The average Bonchev–Trinajstić information content (AvgIpc) is 1.82. The lowest BCUT2D eigenvalue weighted by molar-refractivity contribution is -0.139. The molecule has 60 valence electrons. The Kier molecular flexibility index (Phi) is 4.38. The fourth-order valence-electron chi connectivity index (χ4n) is 0.308. The summed E-state index contributed by atoms with van der Waals surface area (Å²) in [5.74, 6) is -1.11. The Morgan fingerprint density at radius 2 is 2.40 bits per heavy atom. The summed E-state index contributed by atoms with van der Waals surface area (Å²) in [6.45, 7) is 1.70. The van der Waals surface area contributed by atoms with Crippen LogP contribution in [0.5, 0.6) is 0 Å². The van der Waals surface area contributed by atoms with Gasteiger partial charge >= 0.3 is 5.97 Å². The number of hydrogen-bond donors (Lipinski definition) is 2. The normalized spacial score (nSPS) is 16.3.